The third-order valence-corrected chi connectivity index (χ3v) is 5.58. The molecule has 1 aromatic heterocycles. The maximum atomic E-state index is 12.9. The molecule has 0 fully saturated rings. The van der Waals surface area contributed by atoms with E-state index in [0.29, 0.717) is 11.6 Å². The van der Waals surface area contributed by atoms with Crippen LogP contribution in [0.1, 0.15) is 11.1 Å². The van der Waals surface area contributed by atoms with Gasteiger partial charge in [-0.2, -0.15) is 0 Å². The first-order chi connectivity index (χ1) is 13.0. The van der Waals surface area contributed by atoms with Gasteiger partial charge < -0.3 is 4.90 Å². The lowest BCUT2D eigenvalue weighted by atomic mass is 10.2. The molecule has 0 N–H and O–H groups in total. The van der Waals surface area contributed by atoms with Crippen LogP contribution >= 0.6 is 22.9 Å². The molecule has 3 aromatic rings. The predicted molar refractivity (Wildman–Crippen MR) is 116 cm³/mol. The maximum absolute atomic E-state index is 12.9. The van der Waals surface area contributed by atoms with Gasteiger partial charge in [0.15, 0.2) is 5.13 Å². The topological polar surface area (TPSA) is 36.4 Å². The highest BCUT2D eigenvalue weighted by molar-refractivity contribution is 7.22. The minimum Gasteiger partial charge on any atom is -0.308 e. The molecule has 0 saturated carbocycles. The zero-order chi connectivity index (χ0) is 19.4. The number of nitrogens with zero attached hydrogens (tertiary/aromatic N) is 3. The Bertz CT molecular complexity index is 980. The quantitative estimate of drug-likeness (QED) is 0.555. The van der Waals surface area contributed by atoms with Gasteiger partial charge in [-0.25, -0.2) is 4.98 Å². The summed E-state index contributed by atoms with van der Waals surface area (Å²) in [4.78, 5) is 21.5. The number of hydrogen-bond donors (Lipinski definition) is 0. The van der Waals surface area contributed by atoms with Gasteiger partial charge in [0.05, 0.1) is 10.2 Å². The number of carbonyl (C=O) groups is 1. The van der Waals surface area contributed by atoms with E-state index in [1.807, 2.05) is 63.5 Å². The average molecular weight is 400 g/mol. The minimum absolute atomic E-state index is 0.103. The Hall–Kier alpha value is -2.21. The van der Waals surface area contributed by atoms with Gasteiger partial charge in [-0.05, 0) is 50.4 Å². The summed E-state index contributed by atoms with van der Waals surface area (Å²) in [5.74, 6) is -0.103. The summed E-state index contributed by atoms with van der Waals surface area (Å²) in [6.07, 6.45) is 3.32. The van der Waals surface area contributed by atoms with E-state index < -0.39 is 0 Å². The number of likely N-dealkylation sites (N-methyl/N-ethyl adjacent to an activating group) is 1. The number of halogens is 1. The first-order valence-corrected chi connectivity index (χ1v) is 9.90. The fourth-order valence-electron chi connectivity index (χ4n) is 2.65. The van der Waals surface area contributed by atoms with Crippen molar-refractivity contribution in [3.8, 4) is 0 Å². The van der Waals surface area contributed by atoms with E-state index in [0.717, 1.165) is 33.0 Å². The van der Waals surface area contributed by atoms with E-state index in [1.165, 1.54) is 11.3 Å². The van der Waals surface area contributed by atoms with Crippen molar-refractivity contribution in [1.29, 1.82) is 0 Å². The number of benzene rings is 2. The van der Waals surface area contributed by atoms with Crippen LogP contribution in [0.2, 0.25) is 5.02 Å². The number of fused-ring (bicyclic) bond motifs is 1. The Balaban J connectivity index is 1.91. The Morgan fingerprint density at radius 3 is 2.63 bits per heavy atom. The van der Waals surface area contributed by atoms with Crippen LogP contribution in [0.25, 0.3) is 16.3 Å². The average Bonchev–Trinajstić information content (AvgIpc) is 3.06. The zero-order valence-electron chi connectivity index (χ0n) is 15.6. The standard InChI is InChI=1S/C21H22ClN3OS/c1-15-7-6-10-18-20(15)23-21(27-18)25(14-13-24(2)3)19(26)12-11-16-8-4-5-9-17(16)22/h4-12H,13-14H2,1-3H3/b12-11+. The number of thiazole rings is 1. The van der Waals surface area contributed by atoms with Gasteiger partial charge in [0, 0.05) is 24.2 Å². The molecular weight excluding hydrogens is 378 g/mol. The predicted octanol–water partition coefficient (Wildman–Crippen LogP) is 4.87. The highest BCUT2D eigenvalue weighted by Gasteiger charge is 2.18. The Labute approximate surface area is 168 Å². The van der Waals surface area contributed by atoms with Crippen molar-refractivity contribution in [3.63, 3.8) is 0 Å². The van der Waals surface area contributed by atoms with Gasteiger partial charge in [-0.3, -0.25) is 9.69 Å². The van der Waals surface area contributed by atoms with Crippen LogP contribution in [0, 0.1) is 6.92 Å². The molecule has 0 aliphatic heterocycles. The van der Waals surface area contributed by atoms with Crippen LogP contribution in [0.5, 0.6) is 0 Å². The van der Waals surface area contributed by atoms with Crippen molar-refractivity contribution < 1.29 is 4.79 Å². The molecule has 0 unspecified atom stereocenters. The zero-order valence-corrected chi connectivity index (χ0v) is 17.2. The van der Waals surface area contributed by atoms with Gasteiger partial charge in [-0.15, -0.1) is 0 Å². The number of aromatic nitrogens is 1. The smallest absolute Gasteiger partial charge is 0.252 e. The molecule has 6 heteroatoms. The molecular formula is C21H22ClN3OS. The lowest BCUT2D eigenvalue weighted by Crippen LogP contribution is -2.35. The highest BCUT2D eigenvalue weighted by Crippen LogP contribution is 2.30. The summed E-state index contributed by atoms with van der Waals surface area (Å²) in [7, 11) is 3.98. The fourth-order valence-corrected chi connectivity index (χ4v) is 3.93. The number of para-hydroxylation sites is 1. The van der Waals surface area contributed by atoms with Crippen LogP contribution in [-0.4, -0.2) is 43.0 Å². The van der Waals surface area contributed by atoms with E-state index in [-0.39, 0.29) is 5.91 Å². The molecule has 27 heavy (non-hydrogen) atoms. The molecule has 0 bridgehead atoms. The van der Waals surface area contributed by atoms with Crippen molar-refractivity contribution in [2.45, 2.75) is 6.92 Å². The highest BCUT2D eigenvalue weighted by atomic mass is 35.5. The molecule has 0 radical (unpaired) electrons. The first-order valence-electron chi connectivity index (χ1n) is 8.70. The number of hydrogen-bond acceptors (Lipinski definition) is 4. The molecule has 140 valence electrons. The van der Waals surface area contributed by atoms with Crippen LogP contribution in [0.15, 0.2) is 48.5 Å². The van der Waals surface area contributed by atoms with Crippen LogP contribution in [0.3, 0.4) is 0 Å². The Morgan fingerprint density at radius 2 is 1.93 bits per heavy atom. The molecule has 0 spiro atoms. The SMILES string of the molecule is Cc1cccc2sc(N(CCN(C)C)C(=O)/C=C/c3ccccc3Cl)nc12. The second-order valence-corrected chi connectivity index (χ2v) is 7.98. The molecule has 0 aliphatic carbocycles. The van der Waals surface area contributed by atoms with Crippen molar-refractivity contribution in [2.24, 2.45) is 0 Å². The summed E-state index contributed by atoms with van der Waals surface area (Å²) in [5.41, 5.74) is 2.89. The molecule has 4 nitrogen and oxygen atoms in total. The summed E-state index contributed by atoms with van der Waals surface area (Å²) < 4.78 is 1.09. The Kier molecular flexibility index (Phi) is 6.26. The van der Waals surface area contributed by atoms with E-state index in [9.17, 15) is 4.79 Å². The van der Waals surface area contributed by atoms with Crippen LogP contribution < -0.4 is 4.90 Å². The lowest BCUT2D eigenvalue weighted by Gasteiger charge is -2.20. The van der Waals surface area contributed by atoms with Gasteiger partial charge in [0.25, 0.3) is 5.91 Å². The van der Waals surface area contributed by atoms with Gasteiger partial charge in [0.2, 0.25) is 0 Å². The number of carbonyl (C=O) groups excluding carboxylic acids is 1. The second-order valence-electron chi connectivity index (χ2n) is 6.57. The largest absolute Gasteiger partial charge is 0.308 e. The van der Waals surface area contributed by atoms with Crippen molar-refractivity contribution in [3.05, 3.63) is 64.7 Å². The molecule has 0 aliphatic rings. The first kappa shape index (κ1) is 19.5. The monoisotopic (exact) mass is 399 g/mol. The van der Waals surface area contributed by atoms with Crippen LogP contribution in [-0.2, 0) is 4.79 Å². The van der Waals surface area contributed by atoms with E-state index in [2.05, 4.69) is 4.90 Å². The number of amides is 1. The summed E-state index contributed by atoms with van der Waals surface area (Å²) >= 11 is 7.72. The fraction of sp³-hybridized carbons (Fsp3) is 0.238. The van der Waals surface area contributed by atoms with E-state index >= 15 is 0 Å². The third-order valence-electron chi connectivity index (χ3n) is 4.19. The molecule has 0 atom stereocenters. The van der Waals surface area contributed by atoms with Crippen molar-refractivity contribution in [2.75, 3.05) is 32.1 Å². The van der Waals surface area contributed by atoms with Crippen LogP contribution in [0.4, 0.5) is 5.13 Å². The minimum atomic E-state index is -0.103. The second kappa shape index (κ2) is 8.65. The van der Waals surface area contributed by atoms with Gasteiger partial charge in [-0.1, -0.05) is 53.3 Å². The molecule has 0 saturated heterocycles. The normalized spacial score (nSPS) is 11.6. The van der Waals surface area contributed by atoms with Crippen molar-refractivity contribution >= 4 is 50.3 Å². The maximum Gasteiger partial charge on any atom is 0.252 e. The molecule has 3 rings (SSSR count). The van der Waals surface area contributed by atoms with E-state index in [1.54, 1.807) is 17.1 Å². The number of rotatable bonds is 6. The summed E-state index contributed by atoms with van der Waals surface area (Å²) in [6, 6.07) is 13.6. The summed E-state index contributed by atoms with van der Waals surface area (Å²) in [5, 5.41) is 1.34. The molecule has 2 aromatic carbocycles. The molecule has 1 heterocycles. The lowest BCUT2D eigenvalue weighted by molar-refractivity contribution is -0.114. The van der Waals surface area contributed by atoms with E-state index in [4.69, 9.17) is 16.6 Å². The third kappa shape index (κ3) is 4.75. The number of aryl methyl sites for hydroxylation is 1. The van der Waals surface area contributed by atoms with Crippen molar-refractivity contribution in [1.82, 2.24) is 9.88 Å². The van der Waals surface area contributed by atoms with Gasteiger partial charge in [0.1, 0.15) is 0 Å². The summed E-state index contributed by atoms with van der Waals surface area (Å²) in [6.45, 7) is 3.35. The van der Waals surface area contributed by atoms with Gasteiger partial charge >= 0.3 is 0 Å². The Morgan fingerprint density at radius 1 is 1.15 bits per heavy atom. The molecule has 1 amide bonds. The number of anilines is 1.